The third-order valence-electron chi connectivity index (χ3n) is 5.13. The van der Waals surface area contributed by atoms with Gasteiger partial charge in [-0.3, -0.25) is 14.9 Å². The van der Waals surface area contributed by atoms with Crippen LogP contribution in [0.3, 0.4) is 0 Å². The van der Waals surface area contributed by atoms with E-state index in [1.165, 1.54) is 12.1 Å². The number of amides is 1. The average Bonchev–Trinajstić information content (AvgIpc) is 2.77. The zero-order chi connectivity index (χ0) is 24.0. The van der Waals surface area contributed by atoms with E-state index >= 15 is 0 Å². The van der Waals surface area contributed by atoms with E-state index in [9.17, 15) is 19.2 Å². The number of benzene rings is 2. The van der Waals surface area contributed by atoms with Gasteiger partial charge in [0.2, 0.25) is 0 Å². The van der Waals surface area contributed by atoms with Crippen LogP contribution in [0.5, 0.6) is 0 Å². The number of carbonyl (C=O) groups excluding carboxylic acids is 3. The highest BCUT2D eigenvalue weighted by atomic mass is 16.5. The van der Waals surface area contributed by atoms with E-state index in [0.717, 1.165) is 11.1 Å². The number of ether oxygens (including phenoxy) is 2. The lowest BCUT2D eigenvalue weighted by molar-refractivity contribution is -0.144. The molecule has 1 N–H and O–H groups in total. The van der Waals surface area contributed by atoms with E-state index in [0.29, 0.717) is 22.2 Å². The van der Waals surface area contributed by atoms with E-state index in [-0.39, 0.29) is 37.4 Å². The topological polar surface area (TPSA) is 112 Å². The second-order valence-electron chi connectivity index (χ2n) is 7.53. The second-order valence-corrected chi connectivity index (χ2v) is 7.53. The number of anilines is 1. The van der Waals surface area contributed by atoms with Gasteiger partial charge in [0.1, 0.15) is 12.2 Å². The second kappa shape index (κ2) is 10.6. The summed E-state index contributed by atoms with van der Waals surface area (Å²) in [7, 11) is 0. The van der Waals surface area contributed by atoms with Gasteiger partial charge in [-0.1, -0.05) is 12.1 Å². The number of aryl methyl sites for hydroxylation is 2. The Kier molecular flexibility index (Phi) is 7.61. The van der Waals surface area contributed by atoms with Crippen LogP contribution in [-0.2, 0) is 20.9 Å². The lowest BCUT2D eigenvalue weighted by Crippen LogP contribution is -2.13. The largest absolute Gasteiger partial charge is 0.461 e. The first kappa shape index (κ1) is 23.7. The molecule has 0 saturated carbocycles. The molecule has 33 heavy (non-hydrogen) atoms. The number of carbonyl (C=O) groups is 3. The highest BCUT2D eigenvalue weighted by Gasteiger charge is 2.13. The van der Waals surface area contributed by atoms with Crippen molar-refractivity contribution >= 4 is 34.5 Å². The fourth-order valence-corrected chi connectivity index (χ4v) is 3.22. The molecule has 3 aromatic rings. The van der Waals surface area contributed by atoms with Gasteiger partial charge >= 0.3 is 17.7 Å². The maximum atomic E-state index is 12.4. The van der Waals surface area contributed by atoms with Crippen molar-refractivity contribution in [1.29, 1.82) is 0 Å². The van der Waals surface area contributed by atoms with Crippen molar-refractivity contribution in [3.05, 3.63) is 75.1 Å². The zero-order valence-corrected chi connectivity index (χ0v) is 18.7. The van der Waals surface area contributed by atoms with Crippen molar-refractivity contribution in [3.63, 3.8) is 0 Å². The first-order chi connectivity index (χ1) is 15.8. The van der Waals surface area contributed by atoms with E-state index in [4.69, 9.17) is 13.9 Å². The quantitative estimate of drug-likeness (QED) is 0.300. The van der Waals surface area contributed by atoms with Gasteiger partial charge in [-0.05, 0) is 50.1 Å². The minimum atomic E-state index is -0.625. The Balaban J connectivity index is 1.63. The molecule has 0 aliphatic heterocycles. The van der Waals surface area contributed by atoms with Gasteiger partial charge in [-0.25, -0.2) is 9.59 Å². The lowest BCUT2D eigenvalue weighted by atomic mass is 10.0. The van der Waals surface area contributed by atoms with Crippen LogP contribution >= 0.6 is 0 Å². The molecule has 0 bridgehead atoms. The highest BCUT2D eigenvalue weighted by Crippen LogP contribution is 2.22. The van der Waals surface area contributed by atoms with Crippen LogP contribution in [0.25, 0.3) is 11.0 Å². The summed E-state index contributed by atoms with van der Waals surface area (Å²) in [5.74, 6) is -0.684. The molecule has 3 rings (SSSR count). The summed E-state index contributed by atoms with van der Waals surface area (Å²) in [6, 6.07) is 11.4. The number of fused-ring (bicyclic) bond motifs is 1. The molecular formula is C25H25NO7. The summed E-state index contributed by atoms with van der Waals surface area (Å²) < 4.78 is 15.3. The van der Waals surface area contributed by atoms with E-state index in [1.807, 2.05) is 26.0 Å². The maximum Gasteiger partial charge on any atom is 0.411 e. The monoisotopic (exact) mass is 451 g/mol. The molecule has 0 radical (unpaired) electrons. The standard InChI is InChI=1S/C25H25NO7/c1-4-31-25(30)26-19-7-8-20-18(12-24(29)33-22(20)13-19)14-32-23(28)10-9-21(27)17-6-5-15(2)16(3)11-17/h5-8,11-13H,4,9-10,14H2,1-3H3,(H,26,30). The van der Waals surface area contributed by atoms with Gasteiger partial charge in [0, 0.05) is 40.8 Å². The van der Waals surface area contributed by atoms with Crippen LogP contribution in [0.15, 0.2) is 51.7 Å². The normalized spacial score (nSPS) is 10.6. The molecule has 0 aliphatic rings. The molecule has 1 aromatic heterocycles. The van der Waals surface area contributed by atoms with Crippen LogP contribution in [0, 0.1) is 13.8 Å². The SMILES string of the molecule is CCOC(=O)Nc1ccc2c(COC(=O)CCC(=O)c3ccc(C)c(C)c3)cc(=O)oc2c1. The Morgan fingerprint density at radius 3 is 2.45 bits per heavy atom. The molecular weight excluding hydrogens is 426 g/mol. The Labute approximate surface area is 190 Å². The smallest absolute Gasteiger partial charge is 0.411 e. The van der Waals surface area contributed by atoms with Gasteiger partial charge in [-0.15, -0.1) is 0 Å². The molecule has 0 aliphatic carbocycles. The van der Waals surface area contributed by atoms with Crippen LogP contribution < -0.4 is 10.9 Å². The predicted octanol–water partition coefficient (Wildman–Crippen LogP) is 4.68. The average molecular weight is 451 g/mol. The van der Waals surface area contributed by atoms with Gasteiger partial charge in [0.15, 0.2) is 5.78 Å². The van der Waals surface area contributed by atoms with Gasteiger partial charge < -0.3 is 13.9 Å². The number of ketones is 1. The first-order valence-electron chi connectivity index (χ1n) is 10.5. The Bertz CT molecular complexity index is 1260. The number of hydrogen-bond donors (Lipinski definition) is 1. The van der Waals surface area contributed by atoms with Crippen molar-refractivity contribution < 1.29 is 28.3 Å². The van der Waals surface area contributed by atoms with Crippen molar-refractivity contribution in [3.8, 4) is 0 Å². The molecule has 8 heteroatoms. The van der Waals surface area contributed by atoms with Crippen LogP contribution in [0.1, 0.15) is 46.8 Å². The molecule has 0 atom stereocenters. The van der Waals surface area contributed by atoms with Crippen molar-refractivity contribution in [1.82, 2.24) is 0 Å². The lowest BCUT2D eigenvalue weighted by Gasteiger charge is -2.09. The zero-order valence-electron chi connectivity index (χ0n) is 18.7. The molecule has 0 unspecified atom stereocenters. The van der Waals surface area contributed by atoms with Crippen LogP contribution in [0.2, 0.25) is 0 Å². The van der Waals surface area contributed by atoms with E-state index in [1.54, 1.807) is 25.1 Å². The summed E-state index contributed by atoms with van der Waals surface area (Å²) >= 11 is 0. The summed E-state index contributed by atoms with van der Waals surface area (Å²) in [6.45, 7) is 5.65. The molecule has 8 nitrogen and oxygen atoms in total. The molecule has 0 fully saturated rings. The van der Waals surface area contributed by atoms with Gasteiger partial charge in [0.05, 0.1) is 13.0 Å². The molecule has 0 spiro atoms. The first-order valence-corrected chi connectivity index (χ1v) is 10.5. The Morgan fingerprint density at radius 2 is 1.73 bits per heavy atom. The number of rotatable bonds is 8. The summed E-state index contributed by atoms with van der Waals surface area (Å²) in [5.41, 5.74) is 3.12. The predicted molar refractivity (Wildman–Crippen MR) is 122 cm³/mol. The number of nitrogens with one attached hydrogen (secondary N) is 1. The fraction of sp³-hybridized carbons (Fsp3) is 0.280. The number of Topliss-reactive ketones (excluding diaryl/α,β-unsaturated/α-hetero) is 1. The third-order valence-corrected chi connectivity index (χ3v) is 5.13. The third kappa shape index (κ3) is 6.29. The molecule has 172 valence electrons. The number of esters is 1. The van der Waals surface area contributed by atoms with Gasteiger partial charge in [-0.2, -0.15) is 0 Å². The minimum absolute atomic E-state index is 0.0297. The number of hydrogen-bond acceptors (Lipinski definition) is 7. The molecule has 1 amide bonds. The molecule has 1 heterocycles. The van der Waals surface area contributed by atoms with Gasteiger partial charge in [0.25, 0.3) is 0 Å². The minimum Gasteiger partial charge on any atom is -0.461 e. The summed E-state index contributed by atoms with van der Waals surface area (Å²) in [5, 5.41) is 3.09. The molecule has 0 saturated heterocycles. The van der Waals surface area contributed by atoms with Crippen molar-refractivity contribution in [2.24, 2.45) is 0 Å². The van der Waals surface area contributed by atoms with E-state index < -0.39 is 17.7 Å². The summed E-state index contributed by atoms with van der Waals surface area (Å²) in [6.07, 6.45) is -0.666. The van der Waals surface area contributed by atoms with Crippen molar-refractivity contribution in [2.45, 2.75) is 40.2 Å². The Hall–Kier alpha value is -3.94. The summed E-state index contributed by atoms with van der Waals surface area (Å²) in [4.78, 5) is 48.1. The fourth-order valence-electron chi connectivity index (χ4n) is 3.22. The van der Waals surface area contributed by atoms with Crippen LogP contribution in [0.4, 0.5) is 10.5 Å². The highest BCUT2D eigenvalue weighted by molar-refractivity contribution is 5.97. The Morgan fingerprint density at radius 1 is 0.939 bits per heavy atom. The van der Waals surface area contributed by atoms with Crippen molar-refractivity contribution in [2.75, 3.05) is 11.9 Å². The molecule has 2 aromatic carbocycles. The van der Waals surface area contributed by atoms with E-state index in [2.05, 4.69) is 5.32 Å². The van der Waals surface area contributed by atoms with Crippen LogP contribution in [-0.4, -0.2) is 24.5 Å². The maximum absolute atomic E-state index is 12.4.